The van der Waals surface area contributed by atoms with E-state index >= 15 is 0 Å². The van der Waals surface area contributed by atoms with E-state index in [-0.39, 0.29) is 17.9 Å². The fraction of sp³-hybridized carbons (Fsp3) is 0.588. The van der Waals surface area contributed by atoms with Gasteiger partial charge in [-0.1, -0.05) is 32.3 Å². The van der Waals surface area contributed by atoms with Gasteiger partial charge in [0.2, 0.25) is 5.91 Å². The number of amides is 2. The summed E-state index contributed by atoms with van der Waals surface area (Å²) < 4.78 is 0. The number of aromatic nitrogens is 1. The second-order valence-corrected chi connectivity index (χ2v) is 6.16. The van der Waals surface area contributed by atoms with Gasteiger partial charge in [0.25, 0.3) is 5.91 Å². The summed E-state index contributed by atoms with van der Waals surface area (Å²) in [6, 6.07) is 5.39. The molecule has 0 spiro atoms. The Kier molecular flexibility index (Phi) is 5.52. The molecular formula is C17H25N3O2. The monoisotopic (exact) mass is 303 g/mol. The molecule has 1 aliphatic carbocycles. The van der Waals surface area contributed by atoms with E-state index in [0.717, 1.165) is 25.7 Å². The fourth-order valence-electron chi connectivity index (χ4n) is 2.71. The summed E-state index contributed by atoms with van der Waals surface area (Å²) in [6.45, 7) is 3.67. The smallest absolute Gasteiger partial charge is 0.270 e. The highest BCUT2D eigenvalue weighted by atomic mass is 16.2. The van der Waals surface area contributed by atoms with Crippen molar-refractivity contribution in [1.29, 1.82) is 0 Å². The molecule has 1 atom stereocenters. The molecule has 1 aromatic heterocycles. The van der Waals surface area contributed by atoms with Crippen LogP contribution in [0.3, 0.4) is 0 Å². The zero-order valence-electron chi connectivity index (χ0n) is 13.4. The molecule has 120 valence electrons. The van der Waals surface area contributed by atoms with Gasteiger partial charge in [0, 0.05) is 12.2 Å². The molecule has 1 heterocycles. The number of nitrogens with one attached hydrogen (secondary N) is 2. The molecule has 0 radical (unpaired) electrons. The number of hydrogen-bond acceptors (Lipinski definition) is 3. The van der Waals surface area contributed by atoms with Gasteiger partial charge in [-0.25, -0.2) is 0 Å². The normalized spacial score (nSPS) is 18.3. The Labute approximate surface area is 131 Å². The van der Waals surface area contributed by atoms with Crippen LogP contribution in [0.15, 0.2) is 24.4 Å². The van der Waals surface area contributed by atoms with Gasteiger partial charge in [0.05, 0.1) is 0 Å². The van der Waals surface area contributed by atoms with Crippen molar-refractivity contribution in [2.45, 2.75) is 64.0 Å². The van der Waals surface area contributed by atoms with E-state index in [1.807, 2.05) is 6.92 Å². The lowest BCUT2D eigenvalue weighted by Crippen LogP contribution is -2.58. The maximum atomic E-state index is 12.6. The summed E-state index contributed by atoms with van der Waals surface area (Å²) in [4.78, 5) is 28.9. The van der Waals surface area contributed by atoms with Crippen molar-refractivity contribution < 1.29 is 9.59 Å². The van der Waals surface area contributed by atoms with E-state index in [0.29, 0.717) is 12.1 Å². The SMILES string of the molecule is CC[C@](C)(NC(=O)c1ccccn1)C(=O)NC1CCCCC1. The molecule has 1 saturated carbocycles. The van der Waals surface area contributed by atoms with Crippen LogP contribution < -0.4 is 10.6 Å². The second kappa shape index (κ2) is 7.38. The van der Waals surface area contributed by atoms with Gasteiger partial charge < -0.3 is 10.6 Å². The molecule has 1 aromatic rings. The largest absolute Gasteiger partial charge is 0.351 e. The van der Waals surface area contributed by atoms with Gasteiger partial charge in [0.15, 0.2) is 0 Å². The molecule has 0 saturated heterocycles. The minimum atomic E-state index is -0.911. The molecule has 5 heteroatoms. The zero-order chi connectivity index (χ0) is 16.0. The first-order valence-corrected chi connectivity index (χ1v) is 8.09. The van der Waals surface area contributed by atoms with Crippen LogP contribution >= 0.6 is 0 Å². The van der Waals surface area contributed by atoms with Crippen LogP contribution in [0.4, 0.5) is 0 Å². The molecule has 1 fully saturated rings. The van der Waals surface area contributed by atoms with Crippen molar-refractivity contribution in [3.63, 3.8) is 0 Å². The zero-order valence-corrected chi connectivity index (χ0v) is 13.4. The molecule has 5 nitrogen and oxygen atoms in total. The van der Waals surface area contributed by atoms with Gasteiger partial charge >= 0.3 is 0 Å². The summed E-state index contributed by atoms with van der Waals surface area (Å²) in [7, 11) is 0. The van der Waals surface area contributed by atoms with Gasteiger partial charge in [-0.2, -0.15) is 0 Å². The molecule has 2 N–H and O–H groups in total. The Morgan fingerprint density at radius 3 is 2.59 bits per heavy atom. The number of carbonyl (C=O) groups excluding carboxylic acids is 2. The third-order valence-electron chi connectivity index (χ3n) is 4.44. The molecule has 2 amide bonds. The lowest BCUT2D eigenvalue weighted by molar-refractivity contribution is -0.127. The minimum absolute atomic E-state index is 0.105. The Bertz CT molecular complexity index is 512. The average molecular weight is 303 g/mol. The topological polar surface area (TPSA) is 71.1 Å². The average Bonchev–Trinajstić information content (AvgIpc) is 2.56. The fourth-order valence-corrected chi connectivity index (χ4v) is 2.71. The van der Waals surface area contributed by atoms with Crippen molar-refractivity contribution in [3.8, 4) is 0 Å². The summed E-state index contributed by atoms with van der Waals surface area (Å²) in [5.41, 5.74) is -0.584. The van der Waals surface area contributed by atoms with Gasteiger partial charge in [0.1, 0.15) is 11.2 Å². The van der Waals surface area contributed by atoms with Gasteiger partial charge in [-0.05, 0) is 38.3 Å². The van der Waals surface area contributed by atoms with Crippen LogP contribution in [-0.4, -0.2) is 28.4 Å². The van der Waals surface area contributed by atoms with Crippen molar-refractivity contribution >= 4 is 11.8 Å². The predicted octanol–water partition coefficient (Wildman–Crippen LogP) is 2.43. The van der Waals surface area contributed by atoms with Crippen molar-refractivity contribution in [2.24, 2.45) is 0 Å². The van der Waals surface area contributed by atoms with Crippen molar-refractivity contribution in [2.75, 3.05) is 0 Å². The minimum Gasteiger partial charge on any atom is -0.351 e. The Morgan fingerprint density at radius 2 is 2.00 bits per heavy atom. The molecular weight excluding hydrogens is 278 g/mol. The van der Waals surface area contributed by atoms with Gasteiger partial charge in [-0.15, -0.1) is 0 Å². The number of pyridine rings is 1. The van der Waals surface area contributed by atoms with E-state index < -0.39 is 5.54 Å². The Hall–Kier alpha value is -1.91. The highest BCUT2D eigenvalue weighted by Gasteiger charge is 2.34. The standard InChI is InChI=1S/C17H25N3O2/c1-3-17(2,16(22)19-13-9-5-4-6-10-13)20-15(21)14-11-7-8-12-18-14/h7-8,11-13H,3-6,9-10H2,1-2H3,(H,19,22)(H,20,21)/t17-/m0/s1. The van der Waals surface area contributed by atoms with Crippen LogP contribution in [0, 0.1) is 0 Å². The molecule has 1 aliphatic rings. The maximum Gasteiger partial charge on any atom is 0.270 e. The molecule has 22 heavy (non-hydrogen) atoms. The highest BCUT2D eigenvalue weighted by Crippen LogP contribution is 2.19. The first-order chi connectivity index (χ1) is 10.5. The Morgan fingerprint density at radius 1 is 1.27 bits per heavy atom. The summed E-state index contributed by atoms with van der Waals surface area (Å²) in [6.07, 6.45) is 7.72. The van der Waals surface area contributed by atoms with E-state index in [9.17, 15) is 9.59 Å². The quantitative estimate of drug-likeness (QED) is 0.877. The van der Waals surface area contributed by atoms with E-state index in [4.69, 9.17) is 0 Å². The number of hydrogen-bond donors (Lipinski definition) is 2. The first kappa shape index (κ1) is 16.5. The van der Waals surface area contributed by atoms with Crippen LogP contribution in [0.2, 0.25) is 0 Å². The van der Waals surface area contributed by atoms with E-state index in [1.54, 1.807) is 31.3 Å². The summed E-state index contributed by atoms with van der Waals surface area (Å²) >= 11 is 0. The van der Waals surface area contributed by atoms with Crippen LogP contribution in [0.1, 0.15) is 62.9 Å². The third kappa shape index (κ3) is 4.06. The maximum absolute atomic E-state index is 12.6. The molecule has 0 unspecified atom stereocenters. The molecule has 0 aliphatic heterocycles. The number of rotatable bonds is 5. The molecule has 2 rings (SSSR count). The first-order valence-electron chi connectivity index (χ1n) is 8.09. The highest BCUT2D eigenvalue weighted by molar-refractivity contribution is 5.97. The van der Waals surface area contributed by atoms with Gasteiger partial charge in [-0.3, -0.25) is 14.6 Å². The molecule has 0 aromatic carbocycles. The van der Waals surface area contributed by atoms with Crippen molar-refractivity contribution in [1.82, 2.24) is 15.6 Å². The summed E-state index contributed by atoms with van der Waals surface area (Å²) in [5.74, 6) is -0.421. The summed E-state index contributed by atoms with van der Waals surface area (Å²) in [5, 5.41) is 5.93. The second-order valence-electron chi connectivity index (χ2n) is 6.16. The van der Waals surface area contributed by atoms with E-state index in [2.05, 4.69) is 15.6 Å². The Balaban J connectivity index is 2.00. The third-order valence-corrected chi connectivity index (χ3v) is 4.44. The van der Waals surface area contributed by atoms with E-state index in [1.165, 1.54) is 6.42 Å². The lowest BCUT2D eigenvalue weighted by atomic mass is 9.92. The van der Waals surface area contributed by atoms with Crippen LogP contribution in [0.25, 0.3) is 0 Å². The van der Waals surface area contributed by atoms with Crippen molar-refractivity contribution in [3.05, 3.63) is 30.1 Å². The lowest BCUT2D eigenvalue weighted by Gasteiger charge is -2.32. The van der Waals surface area contributed by atoms with Crippen LogP contribution in [-0.2, 0) is 4.79 Å². The number of nitrogens with zero attached hydrogens (tertiary/aromatic N) is 1. The number of carbonyl (C=O) groups is 2. The molecule has 0 bridgehead atoms. The van der Waals surface area contributed by atoms with Crippen LogP contribution in [0.5, 0.6) is 0 Å². The predicted molar refractivity (Wildman–Crippen MR) is 85.4 cm³/mol.